The minimum Gasteiger partial charge on any atom is -0.323 e. The maximum Gasteiger partial charge on any atom is 0.0900 e. The Balaban J connectivity index is 1.78. The summed E-state index contributed by atoms with van der Waals surface area (Å²) >= 11 is 1.81. The van der Waals surface area contributed by atoms with E-state index in [4.69, 9.17) is 5.73 Å². The highest BCUT2D eigenvalue weighted by Gasteiger charge is 2.47. The first kappa shape index (κ1) is 12.6. The highest BCUT2D eigenvalue weighted by atomic mass is 32.1. The average molecular weight is 265 g/mol. The van der Waals surface area contributed by atoms with Crippen molar-refractivity contribution in [2.45, 2.75) is 52.1 Å². The Bertz CT molecular complexity index is 444. The number of piperidine rings is 1. The van der Waals surface area contributed by atoms with E-state index < -0.39 is 0 Å². The van der Waals surface area contributed by atoms with Crippen molar-refractivity contribution in [1.82, 2.24) is 9.88 Å². The number of hydrogen-bond acceptors (Lipinski definition) is 4. The Morgan fingerprint density at radius 3 is 2.61 bits per heavy atom. The molecule has 2 heterocycles. The molecule has 0 amide bonds. The Labute approximate surface area is 113 Å². The van der Waals surface area contributed by atoms with Gasteiger partial charge in [-0.3, -0.25) is 0 Å². The molecular weight excluding hydrogens is 242 g/mol. The normalized spacial score (nSPS) is 27.1. The number of hydrogen-bond donors (Lipinski definition) is 1. The molecule has 1 aliphatic carbocycles. The van der Waals surface area contributed by atoms with Gasteiger partial charge in [0.05, 0.1) is 10.7 Å². The zero-order valence-electron chi connectivity index (χ0n) is 11.6. The number of thiazole rings is 1. The fourth-order valence-corrected chi connectivity index (χ4v) is 4.64. The molecule has 1 aromatic heterocycles. The molecule has 2 aliphatic rings. The molecule has 1 aromatic rings. The molecule has 18 heavy (non-hydrogen) atoms. The van der Waals surface area contributed by atoms with E-state index in [1.165, 1.54) is 41.5 Å². The SMILES string of the molecule is Cc1nc2c(s1)[C@H](N)C1(CCN(C(C)C)CC1)C2. The molecule has 0 saturated carbocycles. The van der Waals surface area contributed by atoms with Crippen LogP contribution in [-0.2, 0) is 6.42 Å². The standard InChI is InChI=1S/C14H23N3S/c1-9(2)17-6-4-14(5-7-17)8-11-12(13(14)15)18-10(3)16-11/h9,13H,4-8,15H2,1-3H3/t13-/m0/s1. The van der Waals surface area contributed by atoms with Gasteiger partial charge in [-0.1, -0.05) is 0 Å². The lowest BCUT2D eigenvalue weighted by Crippen LogP contribution is -2.46. The van der Waals surface area contributed by atoms with Gasteiger partial charge in [0.25, 0.3) is 0 Å². The monoisotopic (exact) mass is 265 g/mol. The highest BCUT2D eigenvalue weighted by Crippen LogP contribution is 2.52. The van der Waals surface area contributed by atoms with Crippen molar-refractivity contribution in [3.8, 4) is 0 Å². The molecule has 2 N–H and O–H groups in total. The Kier molecular flexibility index (Phi) is 3.00. The Morgan fingerprint density at radius 1 is 1.39 bits per heavy atom. The lowest BCUT2D eigenvalue weighted by Gasteiger charge is -2.43. The molecule has 100 valence electrons. The number of aromatic nitrogens is 1. The fourth-order valence-electron chi connectivity index (χ4n) is 3.55. The van der Waals surface area contributed by atoms with Crippen LogP contribution < -0.4 is 5.73 Å². The number of rotatable bonds is 1. The van der Waals surface area contributed by atoms with Crippen molar-refractivity contribution in [2.75, 3.05) is 13.1 Å². The lowest BCUT2D eigenvalue weighted by atomic mass is 9.73. The third-order valence-electron chi connectivity index (χ3n) is 4.82. The summed E-state index contributed by atoms with van der Waals surface area (Å²) in [7, 11) is 0. The molecule has 3 rings (SSSR count). The molecule has 0 aromatic carbocycles. The minimum absolute atomic E-state index is 0.230. The predicted molar refractivity (Wildman–Crippen MR) is 75.9 cm³/mol. The van der Waals surface area contributed by atoms with Crippen molar-refractivity contribution in [3.63, 3.8) is 0 Å². The number of nitrogens with two attached hydrogens (primary N) is 1. The predicted octanol–water partition coefficient (Wildman–Crippen LogP) is 2.50. The first-order chi connectivity index (χ1) is 8.52. The van der Waals surface area contributed by atoms with Gasteiger partial charge < -0.3 is 10.6 Å². The first-order valence-corrected chi connectivity index (χ1v) is 7.79. The van der Waals surface area contributed by atoms with Crippen LogP contribution in [0.2, 0.25) is 0 Å². The number of likely N-dealkylation sites (tertiary alicyclic amines) is 1. The molecular formula is C14H23N3S. The van der Waals surface area contributed by atoms with E-state index in [0.29, 0.717) is 11.5 Å². The van der Waals surface area contributed by atoms with Crippen LogP contribution >= 0.6 is 11.3 Å². The van der Waals surface area contributed by atoms with Crippen molar-refractivity contribution >= 4 is 11.3 Å². The largest absolute Gasteiger partial charge is 0.323 e. The first-order valence-electron chi connectivity index (χ1n) is 6.98. The van der Waals surface area contributed by atoms with E-state index in [1.54, 1.807) is 0 Å². The molecule has 0 unspecified atom stereocenters. The van der Waals surface area contributed by atoms with Gasteiger partial charge in [-0.05, 0) is 58.5 Å². The van der Waals surface area contributed by atoms with Crippen LogP contribution in [-0.4, -0.2) is 29.0 Å². The van der Waals surface area contributed by atoms with Gasteiger partial charge in [0.1, 0.15) is 0 Å². The molecule has 1 atom stereocenters. The van der Waals surface area contributed by atoms with E-state index in [2.05, 4.69) is 30.7 Å². The molecule has 4 heteroatoms. The van der Waals surface area contributed by atoms with Crippen molar-refractivity contribution in [2.24, 2.45) is 11.1 Å². The summed E-state index contributed by atoms with van der Waals surface area (Å²) in [4.78, 5) is 8.61. The van der Waals surface area contributed by atoms with Gasteiger partial charge in [0, 0.05) is 17.0 Å². The van der Waals surface area contributed by atoms with Crippen LogP contribution in [0.15, 0.2) is 0 Å². The van der Waals surface area contributed by atoms with Crippen LogP contribution in [0.3, 0.4) is 0 Å². The smallest absolute Gasteiger partial charge is 0.0900 e. The third-order valence-corrected chi connectivity index (χ3v) is 5.92. The molecule has 1 spiro atoms. The third kappa shape index (κ3) is 1.82. The second kappa shape index (κ2) is 4.29. The number of aryl methyl sites for hydroxylation is 1. The minimum atomic E-state index is 0.230. The highest BCUT2D eigenvalue weighted by molar-refractivity contribution is 7.11. The van der Waals surface area contributed by atoms with Crippen LogP contribution in [0.5, 0.6) is 0 Å². The summed E-state index contributed by atoms with van der Waals surface area (Å²) in [6.07, 6.45) is 3.57. The zero-order chi connectivity index (χ0) is 12.9. The van der Waals surface area contributed by atoms with Crippen molar-refractivity contribution < 1.29 is 0 Å². The summed E-state index contributed by atoms with van der Waals surface area (Å²) in [5, 5.41) is 1.17. The number of fused-ring (bicyclic) bond motifs is 1. The van der Waals surface area contributed by atoms with Crippen LogP contribution in [0.4, 0.5) is 0 Å². The van der Waals surface area contributed by atoms with Gasteiger partial charge in [-0.2, -0.15) is 0 Å². The summed E-state index contributed by atoms with van der Waals surface area (Å²) in [6, 6.07) is 0.891. The molecule has 1 aliphatic heterocycles. The fraction of sp³-hybridized carbons (Fsp3) is 0.786. The quantitative estimate of drug-likeness (QED) is 0.848. The van der Waals surface area contributed by atoms with E-state index >= 15 is 0 Å². The Hall–Kier alpha value is -0.450. The average Bonchev–Trinajstić information content (AvgIpc) is 2.78. The lowest BCUT2D eigenvalue weighted by molar-refractivity contribution is 0.0711. The molecule has 0 bridgehead atoms. The maximum absolute atomic E-state index is 6.54. The van der Waals surface area contributed by atoms with Gasteiger partial charge in [-0.15, -0.1) is 11.3 Å². The van der Waals surface area contributed by atoms with Gasteiger partial charge in [0.2, 0.25) is 0 Å². The molecule has 3 nitrogen and oxygen atoms in total. The molecule has 1 fully saturated rings. The van der Waals surface area contributed by atoms with Gasteiger partial charge >= 0.3 is 0 Å². The summed E-state index contributed by atoms with van der Waals surface area (Å²) in [5.41, 5.74) is 8.15. The van der Waals surface area contributed by atoms with Crippen molar-refractivity contribution in [1.29, 1.82) is 0 Å². The summed E-state index contributed by atoms with van der Waals surface area (Å²) < 4.78 is 0. The van der Waals surface area contributed by atoms with Crippen molar-refractivity contribution in [3.05, 3.63) is 15.6 Å². The summed E-state index contributed by atoms with van der Waals surface area (Å²) in [5.74, 6) is 0. The number of nitrogens with zero attached hydrogens (tertiary/aromatic N) is 2. The van der Waals surface area contributed by atoms with E-state index in [9.17, 15) is 0 Å². The van der Waals surface area contributed by atoms with Gasteiger partial charge in [-0.25, -0.2) is 4.98 Å². The maximum atomic E-state index is 6.54. The van der Waals surface area contributed by atoms with Crippen LogP contribution in [0, 0.1) is 12.3 Å². The van der Waals surface area contributed by atoms with Crippen LogP contribution in [0.25, 0.3) is 0 Å². The topological polar surface area (TPSA) is 42.1 Å². The van der Waals surface area contributed by atoms with E-state index in [1.807, 2.05) is 11.3 Å². The van der Waals surface area contributed by atoms with Crippen LogP contribution in [0.1, 0.15) is 48.3 Å². The Morgan fingerprint density at radius 2 is 2.06 bits per heavy atom. The summed E-state index contributed by atoms with van der Waals surface area (Å²) in [6.45, 7) is 9.05. The second-order valence-corrected chi connectivity index (χ2v) is 7.43. The van der Waals surface area contributed by atoms with Gasteiger partial charge in [0.15, 0.2) is 0 Å². The second-order valence-electron chi connectivity index (χ2n) is 6.19. The van der Waals surface area contributed by atoms with E-state index in [-0.39, 0.29) is 6.04 Å². The molecule has 1 saturated heterocycles. The zero-order valence-corrected chi connectivity index (χ0v) is 12.4. The van der Waals surface area contributed by atoms with E-state index in [0.717, 1.165) is 6.42 Å². The molecule has 0 radical (unpaired) electrons.